The Morgan fingerprint density at radius 3 is 2.48 bits per heavy atom. The van der Waals surface area contributed by atoms with Crippen molar-refractivity contribution in [3.63, 3.8) is 0 Å². The molecule has 0 aliphatic heterocycles. The smallest absolute Gasteiger partial charge is 0.330 e. The average molecular weight is 454 g/mol. The number of nitrogens with one attached hydrogen (secondary N) is 1. The number of halogens is 3. The van der Waals surface area contributed by atoms with Gasteiger partial charge in [0.05, 0.1) is 16.3 Å². The average Bonchev–Trinajstić information content (AvgIpc) is 2.72. The highest BCUT2D eigenvalue weighted by atomic mass is 32.2. The number of alkyl halides is 3. The third kappa shape index (κ3) is 6.99. The third-order valence-electron chi connectivity index (χ3n) is 5.04. The van der Waals surface area contributed by atoms with E-state index in [9.17, 15) is 22.8 Å². The molecule has 2 aromatic rings. The highest BCUT2D eigenvalue weighted by molar-refractivity contribution is 7.99. The van der Waals surface area contributed by atoms with E-state index in [2.05, 4.69) is 10.3 Å². The maximum Gasteiger partial charge on any atom is 0.417 e. The lowest BCUT2D eigenvalue weighted by atomic mass is 10.1. The first-order chi connectivity index (χ1) is 14.5. The van der Waals surface area contributed by atoms with Gasteiger partial charge in [0, 0.05) is 17.9 Å². The molecule has 2 amide bonds. The molecule has 1 aromatic heterocycles. The second-order valence-corrected chi connectivity index (χ2v) is 8.24. The van der Waals surface area contributed by atoms with Gasteiger partial charge in [0.2, 0.25) is 11.8 Å². The van der Waals surface area contributed by atoms with E-state index in [0.717, 1.165) is 35.2 Å². The zero-order chi connectivity index (χ0) is 23.2. The van der Waals surface area contributed by atoms with Crippen LogP contribution in [0.2, 0.25) is 0 Å². The van der Waals surface area contributed by atoms with Crippen LogP contribution in [0.1, 0.15) is 37.0 Å². The van der Waals surface area contributed by atoms with Crippen molar-refractivity contribution in [3.8, 4) is 0 Å². The van der Waals surface area contributed by atoms with Gasteiger partial charge in [-0.1, -0.05) is 30.8 Å². The number of nitrogens with zero attached hydrogens (tertiary/aromatic N) is 2. The standard InChI is InChI=1S/C22H26F3N3O2S/c1-5-15(3)28(12-19(29)27-18-8-6-7-14(2)16(18)4)21(30)13-31-20-10-9-17(11-26-20)22(23,24)25/h6-11,15H,5,12-13H2,1-4H3,(H,27,29)/t15-/m1/s1. The van der Waals surface area contributed by atoms with E-state index < -0.39 is 11.7 Å². The van der Waals surface area contributed by atoms with Gasteiger partial charge in [0.15, 0.2) is 0 Å². The quantitative estimate of drug-likeness (QED) is 0.567. The maximum absolute atomic E-state index is 12.8. The molecule has 168 valence electrons. The van der Waals surface area contributed by atoms with Crippen LogP contribution in [0.3, 0.4) is 0 Å². The van der Waals surface area contributed by atoms with Gasteiger partial charge in [-0.25, -0.2) is 4.98 Å². The zero-order valence-electron chi connectivity index (χ0n) is 17.9. The Bertz CT molecular complexity index is 917. The number of pyridine rings is 1. The Morgan fingerprint density at radius 1 is 1.19 bits per heavy atom. The molecule has 0 saturated carbocycles. The molecular weight excluding hydrogens is 427 g/mol. The van der Waals surface area contributed by atoms with Gasteiger partial charge in [0.25, 0.3) is 0 Å². The van der Waals surface area contributed by atoms with Crippen molar-refractivity contribution in [2.75, 3.05) is 17.6 Å². The number of thioether (sulfide) groups is 1. The van der Waals surface area contributed by atoms with Crippen LogP contribution >= 0.6 is 11.8 Å². The van der Waals surface area contributed by atoms with Crippen LogP contribution in [-0.2, 0) is 15.8 Å². The summed E-state index contributed by atoms with van der Waals surface area (Å²) in [6, 6.07) is 7.61. The summed E-state index contributed by atoms with van der Waals surface area (Å²) in [6.45, 7) is 7.52. The normalized spacial score (nSPS) is 12.4. The second kappa shape index (κ2) is 10.7. The molecule has 1 heterocycles. The van der Waals surface area contributed by atoms with Crippen LogP contribution < -0.4 is 5.32 Å². The summed E-state index contributed by atoms with van der Waals surface area (Å²) in [7, 11) is 0. The van der Waals surface area contributed by atoms with Gasteiger partial charge in [-0.05, 0) is 56.5 Å². The van der Waals surface area contributed by atoms with E-state index >= 15 is 0 Å². The topological polar surface area (TPSA) is 62.3 Å². The van der Waals surface area contributed by atoms with E-state index in [0.29, 0.717) is 17.1 Å². The van der Waals surface area contributed by atoms with Gasteiger partial charge in [0.1, 0.15) is 6.54 Å². The number of hydrogen-bond donors (Lipinski definition) is 1. The van der Waals surface area contributed by atoms with Crippen LogP contribution in [0.4, 0.5) is 18.9 Å². The predicted molar refractivity (Wildman–Crippen MR) is 116 cm³/mol. The molecule has 1 N–H and O–H groups in total. The van der Waals surface area contributed by atoms with Crippen LogP contribution in [0, 0.1) is 13.8 Å². The number of aryl methyl sites for hydroxylation is 1. The molecule has 0 bridgehead atoms. The number of amides is 2. The molecule has 9 heteroatoms. The van der Waals surface area contributed by atoms with E-state index in [1.807, 2.05) is 45.9 Å². The minimum Gasteiger partial charge on any atom is -0.330 e. The molecule has 0 unspecified atom stereocenters. The summed E-state index contributed by atoms with van der Waals surface area (Å²) >= 11 is 1.04. The minimum atomic E-state index is -4.46. The summed E-state index contributed by atoms with van der Waals surface area (Å²) in [6.07, 6.45) is -3.05. The van der Waals surface area contributed by atoms with E-state index in [4.69, 9.17) is 0 Å². The first kappa shape index (κ1) is 24.7. The number of benzene rings is 1. The van der Waals surface area contributed by atoms with Gasteiger partial charge >= 0.3 is 6.18 Å². The SMILES string of the molecule is CC[C@@H](C)N(CC(=O)Nc1cccc(C)c1C)C(=O)CSc1ccc(C(F)(F)F)cn1. The summed E-state index contributed by atoms with van der Waals surface area (Å²) in [5.41, 5.74) is 1.87. The lowest BCUT2D eigenvalue weighted by Crippen LogP contribution is -2.44. The van der Waals surface area contributed by atoms with E-state index in [1.165, 1.54) is 11.0 Å². The van der Waals surface area contributed by atoms with Crippen molar-refractivity contribution >= 4 is 29.3 Å². The zero-order valence-corrected chi connectivity index (χ0v) is 18.7. The van der Waals surface area contributed by atoms with Gasteiger partial charge in [-0.3, -0.25) is 9.59 Å². The highest BCUT2D eigenvalue weighted by Crippen LogP contribution is 2.29. The van der Waals surface area contributed by atoms with E-state index in [-0.39, 0.29) is 30.2 Å². The Kier molecular flexibility index (Phi) is 8.50. The molecular formula is C22H26F3N3O2S. The number of hydrogen-bond acceptors (Lipinski definition) is 4. The van der Waals surface area contributed by atoms with Crippen LogP contribution in [0.15, 0.2) is 41.6 Å². The van der Waals surface area contributed by atoms with Gasteiger partial charge in [-0.2, -0.15) is 13.2 Å². The van der Waals surface area contributed by atoms with Crippen LogP contribution in [-0.4, -0.2) is 40.0 Å². The minimum absolute atomic E-state index is 0.0283. The fraction of sp³-hybridized carbons (Fsp3) is 0.409. The molecule has 1 atom stereocenters. The predicted octanol–water partition coefficient (Wildman–Crippen LogP) is 5.08. The van der Waals surface area contributed by atoms with Crippen molar-refractivity contribution in [1.82, 2.24) is 9.88 Å². The number of aromatic nitrogens is 1. The molecule has 0 fully saturated rings. The van der Waals surface area contributed by atoms with Crippen LogP contribution in [0.5, 0.6) is 0 Å². The van der Waals surface area contributed by atoms with Gasteiger partial charge < -0.3 is 10.2 Å². The monoisotopic (exact) mass is 453 g/mol. The fourth-order valence-electron chi connectivity index (χ4n) is 2.79. The largest absolute Gasteiger partial charge is 0.417 e. The molecule has 31 heavy (non-hydrogen) atoms. The molecule has 0 saturated heterocycles. The molecule has 5 nitrogen and oxygen atoms in total. The molecule has 0 aliphatic rings. The summed E-state index contributed by atoms with van der Waals surface area (Å²) in [4.78, 5) is 30.6. The van der Waals surface area contributed by atoms with Gasteiger partial charge in [-0.15, -0.1) is 0 Å². The van der Waals surface area contributed by atoms with Crippen LogP contribution in [0.25, 0.3) is 0 Å². The Morgan fingerprint density at radius 2 is 1.90 bits per heavy atom. The number of carbonyl (C=O) groups excluding carboxylic acids is 2. The number of rotatable bonds is 8. The summed E-state index contributed by atoms with van der Waals surface area (Å²) in [5, 5.41) is 3.16. The molecule has 0 spiro atoms. The van der Waals surface area contributed by atoms with Crippen molar-refractivity contribution in [2.24, 2.45) is 0 Å². The Balaban J connectivity index is 2.01. The summed E-state index contributed by atoms with van der Waals surface area (Å²) < 4.78 is 37.9. The lowest BCUT2D eigenvalue weighted by Gasteiger charge is -2.28. The number of anilines is 1. The molecule has 0 radical (unpaired) electrons. The highest BCUT2D eigenvalue weighted by Gasteiger charge is 2.30. The van der Waals surface area contributed by atoms with E-state index in [1.54, 1.807) is 0 Å². The van der Waals surface area contributed by atoms with Crippen molar-refractivity contribution < 1.29 is 22.8 Å². The fourth-order valence-corrected chi connectivity index (χ4v) is 3.52. The third-order valence-corrected chi connectivity index (χ3v) is 5.97. The number of carbonyl (C=O) groups is 2. The first-order valence-electron chi connectivity index (χ1n) is 9.84. The molecule has 2 rings (SSSR count). The van der Waals surface area contributed by atoms with Crippen molar-refractivity contribution in [1.29, 1.82) is 0 Å². The summed E-state index contributed by atoms with van der Waals surface area (Å²) in [5.74, 6) is -0.614. The second-order valence-electron chi connectivity index (χ2n) is 7.25. The lowest BCUT2D eigenvalue weighted by molar-refractivity contribution is -0.138. The molecule has 1 aromatic carbocycles. The van der Waals surface area contributed by atoms with Crippen molar-refractivity contribution in [2.45, 2.75) is 51.4 Å². The first-order valence-corrected chi connectivity index (χ1v) is 10.8. The molecule has 0 aliphatic carbocycles. The Hall–Kier alpha value is -2.55. The maximum atomic E-state index is 12.8. The van der Waals surface area contributed by atoms with Crippen molar-refractivity contribution in [3.05, 3.63) is 53.2 Å². The Labute approximate surface area is 184 Å².